The number of morpholine rings is 1. The second-order valence-electron chi connectivity index (χ2n) is 8.26. The first-order valence-corrected chi connectivity index (χ1v) is 10.5. The predicted octanol–water partition coefficient (Wildman–Crippen LogP) is 3.38. The number of nitrogens with zero attached hydrogens (tertiary/aromatic N) is 2. The lowest BCUT2D eigenvalue weighted by atomic mass is 9.93. The molecular formula is C22H30N2O3. The summed E-state index contributed by atoms with van der Waals surface area (Å²) < 4.78 is 6.12. The Balaban J connectivity index is 1.51. The predicted molar refractivity (Wildman–Crippen MR) is 104 cm³/mol. The number of carbonyl (C=O) groups excluding carboxylic acids is 2. The first-order valence-electron chi connectivity index (χ1n) is 10.5. The van der Waals surface area contributed by atoms with Gasteiger partial charge in [0.2, 0.25) is 5.91 Å². The molecule has 0 radical (unpaired) electrons. The van der Waals surface area contributed by atoms with Crippen LogP contribution in [0.3, 0.4) is 0 Å². The van der Waals surface area contributed by atoms with Crippen LogP contribution in [-0.4, -0.2) is 48.6 Å². The summed E-state index contributed by atoms with van der Waals surface area (Å²) in [6.45, 7) is 2.17. The standard InChI is InChI=1S/C22H30N2O3/c25-20(16-18-8-4-5-9-18)23-14-15-27-22(17-23)12-6-7-13-24(21(22)26)19-10-2-1-3-11-19/h1-3,10-11,18H,4-9,12-17H2. The van der Waals surface area contributed by atoms with Crippen LogP contribution in [0.5, 0.6) is 0 Å². The molecule has 27 heavy (non-hydrogen) atoms. The monoisotopic (exact) mass is 370 g/mol. The van der Waals surface area contributed by atoms with Crippen LogP contribution in [0.25, 0.3) is 0 Å². The number of para-hydroxylation sites is 1. The molecule has 4 rings (SSSR count). The van der Waals surface area contributed by atoms with Gasteiger partial charge in [-0.15, -0.1) is 0 Å². The molecule has 3 aliphatic rings. The smallest absolute Gasteiger partial charge is 0.261 e. The molecule has 1 saturated carbocycles. The molecule has 2 amide bonds. The molecule has 5 heteroatoms. The zero-order valence-electron chi connectivity index (χ0n) is 16.1. The Bertz CT molecular complexity index is 671. The van der Waals surface area contributed by atoms with Gasteiger partial charge in [0.25, 0.3) is 5.91 Å². The minimum Gasteiger partial charge on any atom is -0.361 e. The van der Waals surface area contributed by atoms with E-state index in [0.29, 0.717) is 45.0 Å². The highest BCUT2D eigenvalue weighted by Gasteiger charge is 2.48. The molecule has 3 fully saturated rings. The molecule has 1 aliphatic carbocycles. The molecule has 2 aliphatic heterocycles. The Labute approximate surface area is 161 Å². The SMILES string of the molecule is O=C(CC1CCCC1)N1CCOC2(CCCCN(c3ccccc3)C2=O)C1. The molecule has 2 saturated heterocycles. The van der Waals surface area contributed by atoms with Gasteiger partial charge in [-0.05, 0) is 50.2 Å². The molecule has 1 spiro atoms. The van der Waals surface area contributed by atoms with Gasteiger partial charge in [0, 0.05) is 25.2 Å². The van der Waals surface area contributed by atoms with Crippen LogP contribution in [0.1, 0.15) is 51.4 Å². The maximum atomic E-state index is 13.5. The average Bonchev–Trinajstić information content (AvgIpc) is 3.16. The van der Waals surface area contributed by atoms with E-state index in [-0.39, 0.29) is 11.8 Å². The summed E-state index contributed by atoms with van der Waals surface area (Å²) in [5, 5.41) is 0. The summed E-state index contributed by atoms with van der Waals surface area (Å²) in [6.07, 6.45) is 8.06. The van der Waals surface area contributed by atoms with E-state index in [1.807, 2.05) is 40.1 Å². The van der Waals surface area contributed by atoms with E-state index in [1.54, 1.807) is 0 Å². The van der Waals surface area contributed by atoms with E-state index in [2.05, 4.69) is 0 Å². The highest BCUT2D eigenvalue weighted by molar-refractivity contribution is 6.00. The van der Waals surface area contributed by atoms with Crippen molar-refractivity contribution in [2.75, 3.05) is 31.1 Å². The number of hydrogen-bond donors (Lipinski definition) is 0. The van der Waals surface area contributed by atoms with Crippen molar-refractivity contribution in [3.05, 3.63) is 30.3 Å². The molecule has 1 aromatic carbocycles. The van der Waals surface area contributed by atoms with Crippen molar-refractivity contribution in [1.82, 2.24) is 4.90 Å². The molecule has 2 heterocycles. The van der Waals surface area contributed by atoms with Gasteiger partial charge in [0.05, 0.1) is 13.2 Å². The van der Waals surface area contributed by atoms with Gasteiger partial charge in [-0.3, -0.25) is 9.59 Å². The second-order valence-corrected chi connectivity index (χ2v) is 8.26. The van der Waals surface area contributed by atoms with Crippen LogP contribution in [0.4, 0.5) is 5.69 Å². The molecule has 0 N–H and O–H groups in total. The van der Waals surface area contributed by atoms with Crippen LogP contribution < -0.4 is 4.90 Å². The number of rotatable bonds is 3. The largest absolute Gasteiger partial charge is 0.361 e. The number of benzene rings is 1. The number of ether oxygens (including phenoxy) is 1. The highest BCUT2D eigenvalue weighted by Crippen LogP contribution is 2.33. The van der Waals surface area contributed by atoms with Crippen LogP contribution in [0, 0.1) is 5.92 Å². The molecule has 5 nitrogen and oxygen atoms in total. The number of amides is 2. The van der Waals surface area contributed by atoms with Crippen molar-refractivity contribution in [3.8, 4) is 0 Å². The lowest BCUT2D eigenvalue weighted by molar-refractivity contribution is -0.165. The van der Waals surface area contributed by atoms with E-state index in [0.717, 1.165) is 18.5 Å². The van der Waals surface area contributed by atoms with Crippen molar-refractivity contribution in [3.63, 3.8) is 0 Å². The van der Waals surface area contributed by atoms with Crippen molar-refractivity contribution >= 4 is 17.5 Å². The van der Waals surface area contributed by atoms with Gasteiger partial charge < -0.3 is 14.5 Å². The minimum absolute atomic E-state index is 0.0181. The molecule has 1 aromatic rings. The van der Waals surface area contributed by atoms with Gasteiger partial charge in [-0.2, -0.15) is 0 Å². The Morgan fingerprint density at radius 2 is 1.85 bits per heavy atom. The van der Waals surface area contributed by atoms with Crippen LogP contribution in [-0.2, 0) is 14.3 Å². The van der Waals surface area contributed by atoms with Gasteiger partial charge in [-0.1, -0.05) is 31.0 Å². The summed E-state index contributed by atoms with van der Waals surface area (Å²) in [5.41, 5.74) is 0.0393. The van der Waals surface area contributed by atoms with Gasteiger partial charge in [0.1, 0.15) is 0 Å². The fourth-order valence-electron chi connectivity index (χ4n) is 4.86. The van der Waals surface area contributed by atoms with E-state index in [9.17, 15) is 9.59 Å². The van der Waals surface area contributed by atoms with E-state index in [4.69, 9.17) is 4.74 Å². The van der Waals surface area contributed by atoms with Gasteiger partial charge in [0.15, 0.2) is 5.60 Å². The third-order valence-electron chi connectivity index (χ3n) is 6.39. The number of carbonyl (C=O) groups is 2. The average molecular weight is 370 g/mol. The van der Waals surface area contributed by atoms with Crippen molar-refractivity contribution < 1.29 is 14.3 Å². The van der Waals surface area contributed by atoms with Gasteiger partial charge >= 0.3 is 0 Å². The van der Waals surface area contributed by atoms with E-state index in [1.165, 1.54) is 25.7 Å². The summed E-state index contributed by atoms with van der Waals surface area (Å²) in [5.74, 6) is 0.749. The summed E-state index contributed by atoms with van der Waals surface area (Å²) in [4.78, 5) is 30.1. The van der Waals surface area contributed by atoms with Crippen molar-refractivity contribution in [2.24, 2.45) is 5.92 Å². The Kier molecular flexibility index (Phi) is 5.48. The molecule has 1 unspecified atom stereocenters. The zero-order valence-corrected chi connectivity index (χ0v) is 16.1. The zero-order chi connectivity index (χ0) is 18.7. The lowest BCUT2D eigenvalue weighted by Gasteiger charge is -2.43. The summed E-state index contributed by atoms with van der Waals surface area (Å²) in [6, 6.07) is 9.83. The fourth-order valence-corrected chi connectivity index (χ4v) is 4.86. The van der Waals surface area contributed by atoms with Crippen molar-refractivity contribution in [1.29, 1.82) is 0 Å². The summed E-state index contributed by atoms with van der Waals surface area (Å²) in [7, 11) is 0. The van der Waals surface area contributed by atoms with E-state index < -0.39 is 5.60 Å². The number of hydrogen-bond acceptors (Lipinski definition) is 3. The van der Waals surface area contributed by atoms with Crippen LogP contribution >= 0.6 is 0 Å². The molecule has 0 aromatic heterocycles. The number of anilines is 1. The Hall–Kier alpha value is -1.88. The fraction of sp³-hybridized carbons (Fsp3) is 0.636. The quantitative estimate of drug-likeness (QED) is 0.820. The molecule has 1 atom stereocenters. The topological polar surface area (TPSA) is 49.9 Å². The van der Waals surface area contributed by atoms with Crippen molar-refractivity contribution in [2.45, 2.75) is 57.0 Å². The molecular weight excluding hydrogens is 340 g/mol. The third-order valence-corrected chi connectivity index (χ3v) is 6.39. The first kappa shape index (κ1) is 18.5. The van der Waals surface area contributed by atoms with Gasteiger partial charge in [-0.25, -0.2) is 0 Å². The maximum absolute atomic E-state index is 13.5. The second kappa shape index (κ2) is 8.01. The Morgan fingerprint density at radius 1 is 1.07 bits per heavy atom. The summed E-state index contributed by atoms with van der Waals surface area (Å²) >= 11 is 0. The maximum Gasteiger partial charge on any atom is 0.261 e. The van der Waals surface area contributed by atoms with E-state index >= 15 is 0 Å². The first-order chi connectivity index (χ1) is 13.2. The molecule has 146 valence electrons. The van der Waals surface area contributed by atoms with Crippen LogP contribution in [0.15, 0.2) is 30.3 Å². The highest BCUT2D eigenvalue weighted by atomic mass is 16.5. The Morgan fingerprint density at radius 3 is 2.63 bits per heavy atom. The normalized spacial score (nSPS) is 27.2. The minimum atomic E-state index is -0.879. The molecule has 0 bridgehead atoms. The third kappa shape index (κ3) is 3.88. The lowest BCUT2D eigenvalue weighted by Crippen LogP contribution is -2.61. The van der Waals surface area contributed by atoms with Crippen LogP contribution in [0.2, 0.25) is 0 Å².